The topological polar surface area (TPSA) is 89.8 Å². The Kier molecular flexibility index (Phi) is 5.76. The Morgan fingerprint density at radius 1 is 1.23 bits per heavy atom. The molecule has 2 fully saturated rings. The van der Waals surface area contributed by atoms with Crippen molar-refractivity contribution in [1.29, 1.82) is 0 Å². The minimum absolute atomic E-state index is 0.154. The van der Waals surface area contributed by atoms with Crippen LogP contribution in [-0.4, -0.2) is 40.9 Å². The van der Waals surface area contributed by atoms with E-state index in [4.69, 9.17) is 16.3 Å². The molecule has 0 N–H and O–H groups in total. The van der Waals surface area contributed by atoms with E-state index >= 15 is 0 Å². The lowest BCUT2D eigenvalue weighted by atomic mass is 9.78. The number of nitrogens with zero attached hydrogens (tertiary/aromatic N) is 2. The number of amides is 1. The zero-order valence-electron chi connectivity index (χ0n) is 14.4. The molecule has 1 saturated carbocycles. The molecule has 1 aliphatic carbocycles. The van der Waals surface area contributed by atoms with Crippen molar-refractivity contribution in [1.82, 2.24) is 4.90 Å². The lowest BCUT2D eigenvalue weighted by molar-refractivity contribution is -0.385. The maximum Gasteiger partial charge on any atom is 0.345 e. The van der Waals surface area contributed by atoms with Crippen LogP contribution in [0.3, 0.4) is 0 Å². The average Bonchev–Trinajstić information content (AvgIpc) is 2.65. The molecule has 1 aromatic rings. The minimum Gasteiger partial charge on any atom is -0.452 e. The van der Waals surface area contributed by atoms with Crippen LogP contribution in [0, 0.1) is 16.0 Å². The normalized spacial score (nSPS) is 22.4. The molecule has 1 amide bonds. The van der Waals surface area contributed by atoms with Crippen LogP contribution < -0.4 is 0 Å². The number of likely N-dealkylation sites (tertiary alicyclic amines) is 1. The van der Waals surface area contributed by atoms with Crippen molar-refractivity contribution in [2.45, 2.75) is 44.6 Å². The van der Waals surface area contributed by atoms with Crippen molar-refractivity contribution >= 4 is 29.2 Å². The summed E-state index contributed by atoms with van der Waals surface area (Å²) in [5, 5.41) is 11.2. The molecule has 140 valence electrons. The summed E-state index contributed by atoms with van der Waals surface area (Å²) >= 11 is 5.74. The van der Waals surface area contributed by atoms with Gasteiger partial charge in [0.2, 0.25) is 0 Å². The molecule has 2 atom stereocenters. The van der Waals surface area contributed by atoms with Gasteiger partial charge in [-0.2, -0.15) is 0 Å². The Balaban J connectivity index is 1.64. The standard InChI is InChI=1S/C18H21ClN2O5/c19-13-7-8-14(16(10-13)21(24)25)18(23)26-11-17(22)20-9-3-5-12-4-1-2-6-15(12)20/h7-8,10,12,15H,1-6,9,11H2/t12-,15+/m1/s1. The number of nitro benzene ring substituents is 1. The summed E-state index contributed by atoms with van der Waals surface area (Å²) in [4.78, 5) is 37.0. The number of esters is 1. The first-order valence-electron chi connectivity index (χ1n) is 8.88. The minimum atomic E-state index is -0.890. The zero-order chi connectivity index (χ0) is 18.7. The third-order valence-electron chi connectivity index (χ3n) is 5.27. The SMILES string of the molecule is O=C(OCC(=O)N1CCC[C@H]2CCCC[C@@H]21)c1ccc(Cl)cc1[N+](=O)[O-]. The quantitative estimate of drug-likeness (QED) is 0.452. The number of piperidine rings is 1. The van der Waals surface area contributed by atoms with E-state index in [0.29, 0.717) is 12.5 Å². The number of hydrogen-bond donors (Lipinski definition) is 0. The molecule has 0 bridgehead atoms. The Morgan fingerprint density at radius 2 is 1.96 bits per heavy atom. The monoisotopic (exact) mass is 380 g/mol. The van der Waals surface area contributed by atoms with Gasteiger partial charge in [0, 0.05) is 23.7 Å². The first-order chi connectivity index (χ1) is 12.5. The van der Waals surface area contributed by atoms with Crippen molar-refractivity contribution in [2.75, 3.05) is 13.2 Å². The van der Waals surface area contributed by atoms with Crippen LogP contribution in [0.15, 0.2) is 18.2 Å². The first kappa shape index (κ1) is 18.6. The molecule has 8 heteroatoms. The zero-order valence-corrected chi connectivity index (χ0v) is 15.1. The third-order valence-corrected chi connectivity index (χ3v) is 5.50. The van der Waals surface area contributed by atoms with Crippen LogP contribution in [0.5, 0.6) is 0 Å². The highest BCUT2D eigenvalue weighted by atomic mass is 35.5. The highest BCUT2D eigenvalue weighted by Gasteiger charge is 2.36. The number of nitro groups is 1. The van der Waals surface area contributed by atoms with E-state index in [1.165, 1.54) is 18.6 Å². The Hall–Kier alpha value is -2.15. The molecule has 2 aliphatic rings. The van der Waals surface area contributed by atoms with Gasteiger partial charge in [0.05, 0.1) is 4.92 Å². The van der Waals surface area contributed by atoms with Crippen LogP contribution in [0.2, 0.25) is 5.02 Å². The van der Waals surface area contributed by atoms with Crippen molar-refractivity contribution in [2.24, 2.45) is 5.92 Å². The summed E-state index contributed by atoms with van der Waals surface area (Å²) in [5.41, 5.74) is -0.637. The van der Waals surface area contributed by atoms with Crippen LogP contribution in [0.25, 0.3) is 0 Å². The van der Waals surface area contributed by atoms with Gasteiger partial charge in [-0.1, -0.05) is 24.4 Å². The highest BCUT2D eigenvalue weighted by molar-refractivity contribution is 6.31. The summed E-state index contributed by atoms with van der Waals surface area (Å²) in [7, 11) is 0. The number of benzene rings is 1. The van der Waals surface area contributed by atoms with E-state index in [-0.39, 0.29) is 22.5 Å². The molecular weight excluding hydrogens is 360 g/mol. The van der Waals surface area contributed by atoms with E-state index in [0.717, 1.165) is 38.2 Å². The van der Waals surface area contributed by atoms with Crippen molar-refractivity contribution in [3.63, 3.8) is 0 Å². The van der Waals surface area contributed by atoms with Crippen molar-refractivity contribution in [3.8, 4) is 0 Å². The molecule has 0 unspecified atom stereocenters. The molecule has 1 heterocycles. The fourth-order valence-corrected chi connectivity index (χ4v) is 4.22. The molecule has 0 spiro atoms. The molecule has 0 aromatic heterocycles. The predicted molar refractivity (Wildman–Crippen MR) is 95.1 cm³/mol. The fourth-order valence-electron chi connectivity index (χ4n) is 4.05. The fraction of sp³-hybridized carbons (Fsp3) is 0.556. The second-order valence-corrected chi connectivity index (χ2v) is 7.27. The average molecular weight is 381 g/mol. The van der Waals surface area contributed by atoms with Gasteiger partial charge in [0.1, 0.15) is 5.56 Å². The molecule has 1 aliphatic heterocycles. The Morgan fingerprint density at radius 3 is 2.73 bits per heavy atom. The van der Waals surface area contributed by atoms with Crippen LogP contribution in [-0.2, 0) is 9.53 Å². The maximum atomic E-state index is 12.6. The van der Waals surface area contributed by atoms with E-state index in [2.05, 4.69) is 0 Å². The van der Waals surface area contributed by atoms with Gasteiger partial charge in [0.15, 0.2) is 6.61 Å². The Labute approximate surface area is 156 Å². The smallest absolute Gasteiger partial charge is 0.345 e. The first-order valence-corrected chi connectivity index (χ1v) is 9.25. The largest absolute Gasteiger partial charge is 0.452 e. The van der Waals surface area contributed by atoms with E-state index in [1.54, 1.807) is 0 Å². The van der Waals surface area contributed by atoms with Crippen LogP contribution in [0.4, 0.5) is 5.69 Å². The van der Waals surface area contributed by atoms with Crippen LogP contribution in [0.1, 0.15) is 48.9 Å². The Bertz CT molecular complexity index is 722. The highest BCUT2D eigenvalue weighted by Crippen LogP contribution is 2.35. The molecular formula is C18H21ClN2O5. The number of ether oxygens (including phenoxy) is 1. The van der Waals surface area contributed by atoms with E-state index in [1.807, 2.05) is 4.90 Å². The molecule has 0 radical (unpaired) electrons. The van der Waals surface area contributed by atoms with Gasteiger partial charge in [-0.15, -0.1) is 0 Å². The van der Waals surface area contributed by atoms with Gasteiger partial charge in [-0.05, 0) is 43.7 Å². The van der Waals surface area contributed by atoms with Gasteiger partial charge < -0.3 is 9.64 Å². The molecule has 7 nitrogen and oxygen atoms in total. The molecule has 26 heavy (non-hydrogen) atoms. The van der Waals surface area contributed by atoms with Gasteiger partial charge >= 0.3 is 5.97 Å². The van der Waals surface area contributed by atoms with Crippen LogP contribution >= 0.6 is 11.6 Å². The summed E-state index contributed by atoms with van der Waals surface area (Å²) in [6, 6.07) is 3.95. The van der Waals surface area contributed by atoms with Gasteiger partial charge in [-0.3, -0.25) is 14.9 Å². The summed E-state index contributed by atoms with van der Waals surface area (Å²) in [6.07, 6.45) is 6.56. The third kappa shape index (κ3) is 3.98. The second kappa shape index (κ2) is 8.03. The van der Waals surface area contributed by atoms with Crippen molar-refractivity contribution in [3.05, 3.63) is 38.9 Å². The van der Waals surface area contributed by atoms with E-state index in [9.17, 15) is 19.7 Å². The lowest BCUT2D eigenvalue weighted by Gasteiger charge is -2.44. The van der Waals surface area contributed by atoms with Gasteiger partial charge in [-0.25, -0.2) is 4.79 Å². The number of rotatable bonds is 4. The number of hydrogen-bond acceptors (Lipinski definition) is 5. The summed E-state index contributed by atoms with van der Waals surface area (Å²) in [5.74, 6) is -0.583. The predicted octanol–water partition coefficient (Wildman–Crippen LogP) is 3.59. The van der Waals surface area contributed by atoms with Gasteiger partial charge in [0.25, 0.3) is 11.6 Å². The molecule has 1 aromatic carbocycles. The second-order valence-electron chi connectivity index (χ2n) is 6.84. The number of fused-ring (bicyclic) bond motifs is 1. The number of halogens is 1. The number of carbonyl (C=O) groups excluding carboxylic acids is 2. The maximum absolute atomic E-state index is 12.6. The molecule has 1 saturated heterocycles. The number of carbonyl (C=O) groups is 2. The van der Waals surface area contributed by atoms with E-state index < -0.39 is 23.2 Å². The molecule has 3 rings (SSSR count). The van der Waals surface area contributed by atoms with Crippen molar-refractivity contribution < 1.29 is 19.2 Å². The summed E-state index contributed by atoms with van der Waals surface area (Å²) < 4.78 is 5.08. The summed E-state index contributed by atoms with van der Waals surface area (Å²) in [6.45, 7) is 0.278. The lowest BCUT2D eigenvalue weighted by Crippen LogP contribution is -2.50.